The molecule has 0 aromatic heterocycles. The largest absolute Gasteiger partial charge is 0.500 e. The van der Waals surface area contributed by atoms with Crippen LogP contribution in [-0.4, -0.2) is 101 Å². The first-order valence-electron chi connectivity index (χ1n) is 8.13. The van der Waals surface area contributed by atoms with E-state index >= 15 is 0 Å². The fourth-order valence-electron chi connectivity index (χ4n) is 3.16. The topological polar surface area (TPSA) is 83.1 Å². The summed E-state index contributed by atoms with van der Waals surface area (Å²) in [6.07, 6.45) is 0. The van der Waals surface area contributed by atoms with Crippen molar-refractivity contribution < 1.29 is 39.8 Å². The second-order valence-corrected chi connectivity index (χ2v) is 17.2. The smallest absolute Gasteiger partial charge is 0.377 e. The molecule has 0 fully saturated rings. The summed E-state index contributed by atoms with van der Waals surface area (Å²) in [7, 11) is 6.48. The Balaban J connectivity index is 5.99. The van der Waals surface area contributed by atoms with Crippen LogP contribution in [0, 0.1) is 0 Å². The Morgan fingerprint density at radius 1 is 0.462 bits per heavy atom. The van der Waals surface area contributed by atoms with Crippen molar-refractivity contribution in [3.8, 4) is 0 Å². The summed E-state index contributed by atoms with van der Waals surface area (Å²) in [5.74, 6) is 0. The average Bonchev–Trinajstić information content (AvgIpc) is 2.69. The molecule has 0 N–H and O–H groups in total. The van der Waals surface area contributed by atoms with Crippen molar-refractivity contribution in [2.45, 2.75) is 23.2 Å². The van der Waals surface area contributed by atoms with Gasteiger partial charge in [-0.3, -0.25) is 0 Å². The Morgan fingerprint density at radius 2 is 0.615 bits per heavy atom. The number of rotatable bonds is 15. The first kappa shape index (κ1) is 26.5. The van der Waals surface area contributed by atoms with E-state index in [1.807, 2.05) is 0 Å². The lowest BCUT2D eigenvalue weighted by molar-refractivity contribution is 0.101. The molecule has 0 spiro atoms. The highest BCUT2D eigenvalue weighted by atomic mass is 28.4. The monoisotopic (exact) mass is 448 g/mol. The summed E-state index contributed by atoms with van der Waals surface area (Å²) in [6.45, 7) is 0. The van der Waals surface area contributed by atoms with Gasteiger partial charge in [0.2, 0.25) is 0 Å². The molecular weight excluding hydrogens is 412 g/mol. The van der Waals surface area contributed by atoms with Gasteiger partial charge in [-0.05, 0) is 5.04 Å². The third-order valence-electron chi connectivity index (χ3n) is 4.73. The van der Waals surface area contributed by atoms with E-state index in [4.69, 9.17) is 39.8 Å². The average molecular weight is 449 g/mol. The first-order valence-corrected chi connectivity index (χ1v) is 14.9. The molecule has 0 saturated carbocycles. The lowest BCUT2D eigenvalue weighted by Crippen LogP contribution is -2.54. The number of hydrogen-bond donors (Lipinski definition) is 0. The molecular formula is C13H36O9Si4. The zero-order valence-corrected chi connectivity index (χ0v) is 22.8. The van der Waals surface area contributed by atoms with Gasteiger partial charge in [-0.1, -0.05) is 0 Å². The van der Waals surface area contributed by atoms with Crippen LogP contribution in [0.25, 0.3) is 0 Å². The highest BCUT2D eigenvalue weighted by Gasteiger charge is 2.56. The van der Waals surface area contributed by atoms with Crippen molar-refractivity contribution in [1.82, 2.24) is 0 Å². The zero-order valence-electron chi connectivity index (χ0n) is 17.8. The molecule has 0 atom stereocenters. The Kier molecular flexibility index (Phi) is 11.7. The SMILES string of the molecule is CO[Si](CC([SiH3])(C[Si](OC)(OC)OC)C[Si](OC)(OC)OC)(OC)OC. The minimum Gasteiger partial charge on any atom is -0.377 e. The molecule has 13 heteroatoms. The van der Waals surface area contributed by atoms with Crippen molar-refractivity contribution in [3.05, 3.63) is 0 Å². The molecule has 0 saturated heterocycles. The van der Waals surface area contributed by atoms with Gasteiger partial charge in [0.15, 0.2) is 0 Å². The van der Waals surface area contributed by atoms with Gasteiger partial charge in [-0.2, -0.15) is 0 Å². The van der Waals surface area contributed by atoms with E-state index in [1.54, 1.807) is 64.0 Å². The fourth-order valence-corrected chi connectivity index (χ4v) is 14.5. The molecule has 0 bridgehead atoms. The fraction of sp³-hybridized carbons (Fsp3) is 1.00. The van der Waals surface area contributed by atoms with Crippen LogP contribution < -0.4 is 0 Å². The third kappa shape index (κ3) is 6.54. The maximum absolute atomic E-state index is 5.67. The van der Waals surface area contributed by atoms with Crippen LogP contribution in [0.1, 0.15) is 0 Å². The van der Waals surface area contributed by atoms with Gasteiger partial charge in [0.25, 0.3) is 0 Å². The van der Waals surface area contributed by atoms with Crippen LogP contribution in [0.2, 0.25) is 23.2 Å². The Hall–Kier alpha value is 0.508. The highest BCUT2D eigenvalue weighted by Crippen LogP contribution is 2.48. The van der Waals surface area contributed by atoms with E-state index in [1.165, 1.54) is 0 Å². The van der Waals surface area contributed by atoms with Crippen molar-refractivity contribution in [1.29, 1.82) is 0 Å². The van der Waals surface area contributed by atoms with Gasteiger partial charge in [0, 0.05) is 92.4 Å². The summed E-state index contributed by atoms with van der Waals surface area (Å²) in [5.41, 5.74) is 0. The van der Waals surface area contributed by atoms with E-state index in [0.29, 0.717) is 18.1 Å². The molecule has 0 aromatic rings. The number of hydrogen-bond acceptors (Lipinski definition) is 9. The molecule has 0 aliphatic heterocycles. The van der Waals surface area contributed by atoms with Gasteiger partial charge in [0.1, 0.15) is 0 Å². The Morgan fingerprint density at radius 3 is 0.731 bits per heavy atom. The molecule has 0 unspecified atom stereocenters. The molecule has 0 aromatic carbocycles. The van der Waals surface area contributed by atoms with Crippen molar-refractivity contribution in [2.24, 2.45) is 0 Å². The van der Waals surface area contributed by atoms with Crippen molar-refractivity contribution >= 4 is 36.7 Å². The van der Waals surface area contributed by atoms with Crippen LogP contribution in [0.3, 0.4) is 0 Å². The molecule has 0 rings (SSSR count). The minimum atomic E-state index is -2.88. The standard InChI is InChI=1S/C13H36O9Si4/c1-14-24(15-2,16-3)10-13(23,11-25(17-4,18-5)19-6)12-26(20-7,21-8)22-9/h10-12H2,1-9,23H3. The van der Waals surface area contributed by atoms with Crippen LogP contribution >= 0.6 is 0 Å². The van der Waals surface area contributed by atoms with Gasteiger partial charge in [-0.15, -0.1) is 0 Å². The lowest BCUT2D eigenvalue weighted by atomic mass is 10.2. The Labute approximate surface area is 164 Å². The normalized spacial score (nSPS) is 14.2. The third-order valence-corrected chi connectivity index (χ3v) is 17.4. The maximum atomic E-state index is 5.67. The van der Waals surface area contributed by atoms with E-state index in [-0.39, 0.29) is 5.04 Å². The molecule has 158 valence electrons. The summed E-state index contributed by atoms with van der Waals surface area (Å²) in [5, 5.41) is -0.337. The summed E-state index contributed by atoms with van der Waals surface area (Å²) < 4.78 is 51.0. The van der Waals surface area contributed by atoms with Gasteiger partial charge in [0.05, 0.1) is 0 Å². The molecule has 9 nitrogen and oxygen atoms in total. The molecule has 0 aliphatic carbocycles. The minimum absolute atomic E-state index is 0.337. The summed E-state index contributed by atoms with van der Waals surface area (Å²) in [6, 6.07) is 1.64. The summed E-state index contributed by atoms with van der Waals surface area (Å²) >= 11 is 0. The van der Waals surface area contributed by atoms with Crippen LogP contribution in [0.4, 0.5) is 0 Å². The van der Waals surface area contributed by atoms with Crippen LogP contribution in [-0.2, 0) is 39.8 Å². The highest BCUT2D eigenvalue weighted by molar-refractivity contribution is 6.67. The maximum Gasteiger partial charge on any atom is 0.500 e. The van der Waals surface area contributed by atoms with E-state index in [9.17, 15) is 0 Å². The van der Waals surface area contributed by atoms with E-state index in [0.717, 1.165) is 10.2 Å². The Bertz CT molecular complexity index is 310. The molecule has 0 radical (unpaired) electrons. The van der Waals surface area contributed by atoms with Crippen molar-refractivity contribution in [2.75, 3.05) is 64.0 Å². The van der Waals surface area contributed by atoms with Gasteiger partial charge in [-0.25, -0.2) is 0 Å². The summed E-state index contributed by atoms with van der Waals surface area (Å²) in [4.78, 5) is 0. The van der Waals surface area contributed by atoms with Gasteiger partial charge < -0.3 is 39.8 Å². The van der Waals surface area contributed by atoms with E-state index in [2.05, 4.69) is 0 Å². The second kappa shape index (κ2) is 11.5. The molecule has 0 amide bonds. The van der Waals surface area contributed by atoms with Crippen LogP contribution in [0.5, 0.6) is 0 Å². The van der Waals surface area contributed by atoms with Gasteiger partial charge >= 0.3 is 26.4 Å². The van der Waals surface area contributed by atoms with Crippen molar-refractivity contribution in [3.63, 3.8) is 0 Å². The molecule has 0 heterocycles. The lowest BCUT2D eigenvalue weighted by Gasteiger charge is -2.42. The van der Waals surface area contributed by atoms with Crippen LogP contribution in [0.15, 0.2) is 0 Å². The molecule has 26 heavy (non-hydrogen) atoms. The zero-order chi connectivity index (χ0) is 20.5. The van der Waals surface area contributed by atoms with E-state index < -0.39 is 26.4 Å². The predicted octanol–water partition coefficient (Wildman–Crippen LogP) is 0.145. The predicted molar refractivity (Wildman–Crippen MR) is 107 cm³/mol. The second-order valence-electron chi connectivity index (χ2n) is 6.23. The quantitative estimate of drug-likeness (QED) is 0.325. The molecule has 0 aliphatic rings. The first-order chi connectivity index (χ1) is 12.2.